The second-order valence-corrected chi connectivity index (χ2v) is 7.70. The van der Waals surface area contributed by atoms with Gasteiger partial charge in [0.05, 0.1) is 11.3 Å². The minimum atomic E-state index is -0.482. The molecule has 1 heterocycles. The fraction of sp³-hybridized carbons (Fsp3) is 0.333. The number of benzene rings is 2. The summed E-state index contributed by atoms with van der Waals surface area (Å²) in [4.78, 5) is 31.7. The molecule has 0 saturated carbocycles. The first-order chi connectivity index (χ1) is 14.1. The van der Waals surface area contributed by atoms with E-state index in [-0.39, 0.29) is 0 Å². The van der Waals surface area contributed by atoms with Gasteiger partial charge in [0.15, 0.2) is 0 Å². The van der Waals surface area contributed by atoms with Crippen molar-refractivity contribution in [3.8, 4) is 11.3 Å². The number of nitrogens with one attached hydrogen (secondary N) is 1. The molecule has 2 aromatic carbocycles. The van der Waals surface area contributed by atoms with E-state index >= 15 is 0 Å². The predicted octanol–water partition coefficient (Wildman–Crippen LogP) is 6.10. The number of H-pyrrole nitrogens is 1. The average Bonchev–Trinajstić information content (AvgIpc) is 3.12. The summed E-state index contributed by atoms with van der Waals surface area (Å²) < 4.78 is 0. The molecule has 0 aliphatic carbocycles. The number of unbranched alkanes of at least 4 members (excludes halogenated alkanes) is 2. The van der Waals surface area contributed by atoms with Gasteiger partial charge in [-0.1, -0.05) is 68.6 Å². The molecule has 0 saturated heterocycles. The van der Waals surface area contributed by atoms with E-state index in [0.29, 0.717) is 34.8 Å². The number of Topliss-reactive ketones (excluding diaryl/α,β-unsaturated/α-hetero) is 1. The number of hydrogen-bond donors (Lipinski definition) is 1. The molecule has 1 N–H and O–H groups in total. The molecule has 0 aliphatic rings. The lowest BCUT2D eigenvalue weighted by molar-refractivity contribution is -0.126. The molecule has 0 unspecified atom stereocenters. The van der Waals surface area contributed by atoms with E-state index in [4.69, 9.17) is 11.6 Å². The second-order valence-electron chi connectivity index (χ2n) is 7.26. The van der Waals surface area contributed by atoms with E-state index in [1.165, 1.54) is 0 Å². The third kappa shape index (κ3) is 4.70. The second kappa shape index (κ2) is 9.75. The molecule has 0 radical (unpaired) electrons. The van der Waals surface area contributed by atoms with Gasteiger partial charge in [-0.15, -0.1) is 0 Å². The summed E-state index contributed by atoms with van der Waals surface area (Å²) >= 11 is 6.21. The van der Waals surface area contributed by atoms with Gasteiger partial charge in [0.25, 0.3) is 11.7 Å². The summed E-state index contributed by atoms with van der Waals surface area (Å²) in [6.45, 7) is 5.37. The predicted molar refractivity (Wildman–Crippen MR) is 119 cm³/mol. The molecular formula is C24H27ClN2O2. The summed E-state index contributed by atoms with van der Waals surface area (Å²) in [6.07, 6.45) is 3.71. The van der Waals surface area contributed by atoms with Crippen LogP contribution in [-0.4, -0.2) is 34.7 Å². The van der Waals surface area contributed by atoms with Crippen LogP contribution in [0.25, 0.3) is 22.2 Å². The number of carbonyl (C=O) groups excluding carboxylic acids is 2. The van der Waals surface area contributed by atoms with Crippen LogP contribution in [-0.2, 0) is 4.79 Å². The largest absolute Gasteiger partial charge is 0.354 e. The molecule has 0 fully saturated rings. The minimum absolute atomic E-state index is 0.400. The molecule has 4 nitrogen and oxygen atoms in total. The van der Waals surface area contributed by atoms with Crippen molar-refractivity contribution in [1.82, 2.24) is 9.88 Å². The van der Waals surface area contributed by atoms with Crippen LogP contribution < -0.4 is 0 Å². The lowest BCUT2D eigenvalue weighted by Crippen LogP contribution is -2.38. The lowest BCUT2D eigenvalue weighted by atomic mass is 10.0. The number of nitrogens with zero attached hydrogens (tertiary/aromatic N) is 1. The van der Waals surface area contributed by atoms with Crippen LogP contribution >= 0.6 is 11.6 Å². The first-order valence-electron chi connectivity index (χ1n) is 10.3. The highest BCUT2D eigenvalue weighted by Gasteiger charge is 2.28. The van der Waals surface area contributed by atoms with Crippen molar-refractivity contribution in [2.45, 2.75) is 39.5 Å². The summed E-state index contributed by atoms with van der Waals surface area (Å²) in [5.41, 5.74) is 2.71. The monoisotopic (exact) mass is 410 g/mol. The Morgan fingerprint density at radius 2 is 1.62 bits per heavy atom. The number of carbonyl (C=O) groups is 2. The molecule has 29 heavy (non-hydrogen) atoms. The smallest absolute Gasteiger partial charge is 0.295 e. The fourth-order valence-electron chi connectivity index (χ4n) is 3.48. The molecule has 3 aromatic rings. The lowest BCUT2D eigenvalue weighted by Gasteiger charge is -2.21. The Balaban J connectivity index is 2.07. The normalized spacial score (nSPS) is 11.0. The van der Waals surface area contributed by atoms with Gasteiger partial charge < -0.3 is 9.88 Å². The van der Waals surface area contributed by atoms with E-state index in [9.17, 15) is 9.59 Å². The number of halogens is 1. The topological polar surface area (TPSA) is 53.2 Å². The highest BCUT2D eigenvalue weighted by molar-refractivity contribution is 6.46. The first kappa shape index (κ1) is 21.1. The highest BCUT2D eigenvalue weighted by atomic mass is 35.5. The molecule has 152 valence electrons. The Labute approximate surface area is 176 Å². The molecule has 0 aliphatic heterocycles. The Morgan fingerprint density at radius 3 is 2.24 bits per heavy atom. The van der Waals surface area contributed by atoms with Gasteiger partial charge in [-0.25, -0.2) is 0 Å². The van der Waals surface area contributed by atoms with E-state index in [1.54, 1.807) is 17.0 Å². The number of aromatic amines is 1. The Morgan fingerprint density at radius 1 is 0.966 bits per heavy atom. The maximum Gasteiger partial charge on any atom is 0.295 e. The van der Waals surface area contributed by atoms with Crippen molar-refractivity contribution < 1.29 is 9.59 Å². The number of amides is 1. The Kier molecular flexibility index (Phi) is 7.10. The third-order valence-electron chi connectivity index (χ3n) is 5.09. The maximum atomic E-state index is 13.4. The number of hydrogen-bond acceptors (Lipinski definition) is 2. The van der Waals surface area contributed by atoms with E-state index in [2.05, 4.69) is 18.8 Å². The van der Waals surface area contributed by atoms with Gasteiger partial charge in [-0.05, 0) is 36.6 Å². The van der Waals surface area contributed by atoms with E-state index in [1.807, 2.05) is 36.4 Å². The number of rotatable bonds is 9. The fourth-order valence-corrected chi connectivity index (χ4v) is 3.66. The van der Waals surface area contributed by atoms with Crippen molar-refractivity contribution in [3.05, 3.63) is 59.1 Å². The molecule has 1 aromatic heterocycles. The van der Waals surface area contributed by atoms with Gasteiger partial charge in [0.1, 0.15) is 0 Å². The number of aromatic nitrogens is 1. The number of fused-ring (bicyclic) bond motifs is 1. The van der Waals surface area contributed by atoms with E-state index < -0.39 is 11.7 Å². The summed E-state index contributed by atoms with van der Waals surface area (Å²) in [5.74, 6) is -0.922. The molecule has 5 heteroatoms. The van der Waals surface area contributed by atoms with Gasteiger partial charge in [-0.2, -0.15) is 0 Å². The van der Waals surface area contributed by atoms with Crippen LogP contribution in [0.3, 0.4) is 0 Å². The molecule has 1 amide bonds. The van der Waals surface area contributed by atoms with Crippen molar-refractivity contribution in [1.29, 1.82) is 0 Å². The van der Waals surface area contributed by atoms with Crippen LogP contribution in [0.1, 0.15) is 49.9 Å². The van der Waals surface area contributed by atoms with Gasteiger partial charge in [0.2, 0.25) is 0 Å². The minimum Gasteiger partial charge on any atom is -0.354 e. The number of ketones is 1. The van der Waals surface area contributed by atoms with Crippen molar-refractivity contribution in [3.63, 3.8) is 0 Å². The summed E-state index contributed by atoms with van der Waals surface area (Å²) in [5, 5.41) is 1.21. The Bertz CT molecular complexity index is 987. The standard InChI is InChI=1S/C24H27ClN2O2/c1-3-5-14-27(15-6-4-2)24(29)23(28)21-19-16-18(25)12-13-20(19)26-22(21)17-10-8-7-9-11-17/h7-13,16,26H,3-6,14-15H2,1-2H3. The zero-order chi connectivity index (χ0) is 20.8. The van der Waals surface area contributed by atoms with Crippen LogP contribution in [0, 0.1) is 0 Å². The summed E-state index contributed by atoms with van der Waals surface area (Å²) in [6, 6.07) is 15.0. The van der Waals surface area contributed by atoms with Gasteiger partial charge in [-0.3, -0.25) is 9.59 Å². The molecular weight excluding hydrogens is 384 g/mol. The SMILES string of the molecule is CCCCN(CCCC)C(=O)C(=O)c1c(-c2ccccc2)[nH]c2ccc(Cl)cc12. The Hall–Kier alpha value is -2.59. The van der Waals surface area contributed by atoms with Crippen LogP contribution in [0.15, 0.2) is 48.5 Å². The molecule has 0 bridgehead atoms. The molecule has 0 atom stereocenters. The van der Waals surface area contributed by atoms with Crippen LogP contribution in [0.4, 0.5) is 0 Å². The quantitative estimate of drug-likeness (QED) is 0.342. The third-order valence-corrected chi connectivity index (χ3v) is 5.33. The summed E-state index contributed by atoms with van der Waals surface area (Å²) in [7, 11) is 0. The van der Waals surface area contributed by atoms with Gasteiger partial charge >= 0.3 is 0 Å². The maximum absolute atomic E-state index is 13.4. The average molecular weight is 411 g/mol. The van der Waals surface area contributed by atoms with E-state index in [0.717, 1.165) is 36.8 Å². The van der Waals surface area contributed by atoms with Crippen LogP contribution in [0.5, 0.6) is 0 Å². The molecule has 0 spiro atoms. The van der Waals surface area contributed by atoms with Crippen LogP contribution in [0.2, 0.25) is 5.02 Å². The van der Waals surface area contributed by atoms with Gasteiger partial charge in [0, 0.05) is 29.0 Å². The van der Waals surface area contributed by atoms with Crippen molar-refractivity contribution >= 4 is 34.2 Å². The molecule has 3 rings (SSSR count). The van der Waals surface area contributed by atoms with Crippen molar-refractivity contribution in [2.24, 2.45) is 0 Å². The zero-order valence-corrected chi connectivity index (χ0v) is 17.8. The highest BCUT2D eigenvalue weighted by Crippen LogP contribution is 2.32. The zero-order valence-electron chi connectivity index (χ0n) is 17.0. The van der Waals surface area contributed by atoms with Crippen molar-refractivity contribution in [2.75, 3.05) is 13.1 Å². The first-order valence-corrected chi connectivity index (χ1v) is 10.6.